The van der Waals surface area contributed by atoms with Gasteiger partial charge < -0.3 is 14.3 Å². The van der Waals surface area contributed by atoms with Crippen molar-refractivity contribution < 1.29 is 32.2 Å². The van der Waals surface area contributed by atoms with Crippen LogP contribution < -0.4 is 4.74 Å². The van der Waals surface area contributed by atoms with Crippen LogP contribution in [-0.2, 0) is 0 Å². The first kappa shape index (κ1) is 11.4. The molecule has 1 aromatic heterocycles. The molecule has 0 bridgehead atoms. The number of carboxylic acid groups (broad SMARTS) is 1. The Balaban J connectivity index is 2.41. The molecule has 1 aromatic rings. The Hall–Kier alpha value is -1.66. The van der Waals surface area contributed by atoms with Gasteiger partial charge in [0, 0.05) is 6.07 Å². The molecule has 0 aliphatic rings. The van der Waals surface area contributed by atoms with Gasteiger partial charge in [0.1, 0.15) is 6.61 Å². The second kappa shape index (κ2) is 4.24. The molecule has 0 radical (unpaired) electrons. The van der Waals surface area contributed by atoms with E-state index in [0.29, 0.717) is 0 Å². The lowest BCUT2D eigenvalue weighted by atomic mass is 10.4. The zero-order chi connectivity index (χ0) is 11.5. The maximum Gasteiger partial charge on any atom is 0.392 e. The highest BCUT2D eigenvalue weighted by atomic mass is 19.4. The molecule has 4 nitrogen and oxygen atoms in total. The van der Waals surface area contributed by atoms with Crippen LogP contribution in [0.2, 0.25) is 0 Å². The van der Waals surface area contributed by atoms with Crippen molar-refractivity contribution in [2.75, 3.05) is 6.61 Å². The molecule has 1 rings (SSSR count). The van der Waals surface area contributed by atoms with E-state index in [0.717, 1.165) is 12.1 Å². The monoisotopic (exact) mass is 224 g/mol. The average molecular weight is 224 g/mol. The number of hydrogen-bond donors (Lipinski definition) is 1. The molecule has 0 amide bonds. The summed E-state index contributed by atoms with van der Waals surface area (Å²) in [5.41, 5.74) is 0. The van der Waals surface area contributed by atoms with E-state index >= 15 is 0 Å². The fraction of sp³-hybridized carbons (Fsp3) is 0.375. The number of carbonyl (C=O) groups is 1. The topological polar surface area (TPSA) is 59.7 Å². The summed E-state index contributed by atoms with van der Waals surface area (Å²) in [5.74, 6) is -1.92. The third kappa shape index (κ3) is 3.92. The molecule has 84 valence electrons. The molecule has 1 heterocycles. The van der Waals surface area contributed by atoms with Gasteiger partial charge in [0.05, 0.1) is 6.42 Å². The summed E-state index contributed by atoms with van der Waals surface area (Å²) in [6.07, 6.45) is -5.42. The number of hydrogen-bond acceptors (Lipinski definition) is 3. The number of rotatable bonds is 4. The lowest BCUT2D eigenvalue weighted by Gasteiger charge is -2.05. The Labute approximate surface area is 82.3 Å². The van der Waals surface area contributed by atoms with Gasteiger partial charge in [0.2, 0.25) is 5.76 Å². The van der Waals surface area contributed by atoms with Crippen LogP contribution in [0.3, 0.4) is 0 Å². The SMILES string of the molecule is O=C(O)c1ccc(OCCC(F)(F)F)o1. The number of aromatic carboxylic acids is 1. The molecule has 1 N–H and O–H groups in total. The van der Waals surface area contributed by atoms with Crippen molar-refractivity contribution in [3.8, 4) is 5.95 Å². The summed E-state index contributed by atoms with van der Waals surface area (Å²) < 4.78 is 44.2. The molecule has 0 aliphatic carbocycles. The van der Waals surface area contributed by atoms with Crippen LogP contribution in [0.15, 0.2) is 16.5 Å². The smallest absolute Gasteiger partial charge is 0.392 e. The highest BCUT2D eigenvalue weighted by Crippen LogP contribution is 2.21. The minimum absolute atomic E-state index is 0.239. The van der Waals surface area contributed by atoms with Crippen LogP contribution >= 0.6 is 0 Å². The summed E-state index contributed by atoms with van der Waals surface area (Å²) in [5, 5.41) is 8.42. The fourth-order valence-corrected chi connectivity index (χ4v) is 0.780. The Kier molecular flexibility index (Phi) is 3.23. The van der Waals surface area contributed by atoms with Gasteiger partial charge in [0.15, 0.2) is 0 Å². The third-order valence-electron chi connectivity index (χ3n) is 1.42. The van der Waals surface area contributed by atoms with E-state index in [-0.39, 0.29) is 11.7 Å². The molecule has 0 atom stereocenters. The van der Waals surface area contributed by atoms with E-state index in [1.807, 2.05) is 0 Å². The average Bonchev–Trinajstić information content (AvgIpc) is 2.50. The first-order valence-corrected chi connectivity index (χ1v) is 3.91. The number of halogens is 3. The first-order chi connectivity index (χ1) is 6.88. The van der Waals surface area contributed by atoms with Gasteiger partial charge in [-0.2, -0.15) is 13.2 Å². The Bertz CT molecular complexity index is 342. The summed E-state index contributed by atoms with van der Waals surface area (Å²) in [6.45, 7) is -0.601. The summed E-state index contributed by atoms with van der Waals surface area (Å²) in [7, 11) is 0. The van der Waals surface area contributed by atoms with Crippen LogP contribution in [0.1, 0.15) is 17.0 Å². The van der Waals surface area contributed by atoms with Crippen molar-refractivity contribution in [2.45, 2.75) is 12.6 Å². The lowest BCUT2D eigenvalue weighted by Crippen LogP contribution is -2.12. The van der Waals surface area contributed by atoms with Crippen LogP contribution in [0.25, 0.3) is 0 Å². The lowest BCUT2D eigenvalue weighted by molar-refractivity contribution is -0.140. The molecular weight excluding hydrogens is 217 g/mol. The summed E-state index contributed by atoms with van der Waals surface area (Å²) in [6, 6.07) is 2.26. The van der Waals surface area contributed by atoms with Crippen molar-refractivity contribution in [1.82, 2.24) is 0 Å². The maximum atomic E-state index is 11.7. The molecular formula is C8H7F3O4. The summed E-state index contributed by atoms with van der Waals surface area (Å²) in [4.78, 5) is 10.3. The maximum absolute atomic E-state index is 11.7. The highest BCUT2D eigenvalue weighted by molar-refractivity contribution is 5.84. The fourth-order valence-electron chi connectivity index (χ4n) is 0.780. The molecule has 0 aliphatic heterocycles. The second-order valence-corrected chi connectivity index (χ2v) is 2.64. The normalized spacial score (nSPS) is 11.4. The standard InChI is InChI=1S/C8H7F3O4/c9-8(10,11)3-4-14-6-2-1-5(15-6)7(12)13/h1-2H,3-4H2,(H,12,13). The predicted octanol–water partition coefficient (Wildman–Crippen LogP) is 2.31. The van der Waals surface area contributed by atoms with Gasteiger partial charge in [-0.05, 0) is 6.07 Å². The summed E-state index contributed by atoms with van der Waals surface area (Å²) >= 11 is 0. The molecule has 0 saturated carbocycles. The predicted molar refractivity (Wildman–Crippen MR) is 41.8 cm³/mol. The van der Waals surface area contributed by atoms with Gasteiger partial charge in [-0.25, -0.2) is 4.79 Å². The Morgan fingerprint density at radius 3 is 2.60 bits per heavy atom. The molecule has 0 saturated heterocycles. The molecule has 15 heavy (non-hydrogen) atoms. The van der Waals surface area contributed by atoms with Gasteiger partial charge >= 0.3 is 12.1 Å². The first-order valence-electron chi connectivity index (χ1n) is 3.91. The van der Waals surface area contributed by atoms with Crippen molar-refractivity contribution in [3.63, 3.8) is 0 Å². The number of ether oxygens (including phenoxy) is 1. The van der Waals surface area contributed by atoms with Crippen molar-refractivity contribution in [1.29, 1.82) is 0 Å². The quantitative estimate of drug-likeness (QED) is 0.852. The molecule has 0 unspecified atom stereocenters. The Morgan fingerprint density at radius 1 is 1.47 bits per heavy atom. The van der Waals surface area contributed by atoms with Crippen LogP contribution in [-0.4, -0.2) is 23.9 Å². The van der Waals surface area contributed by atoms with E-state index in [4.69, 9.17) is 5.11 Å². The minimum Gasteiger partial charge on any atom is -0.475 e. The van der Waals surface area contributed by atoms with Crippen LogP contribution in [0, 0.1) is 0 Å². The Morgan fingerprint density at radius 2 is 2.13 bits per heavy atom. The van der Waals surface area contributed by atoms with Crippen molar-refractivity contribution in [3.05, 3.63) is 17.9 Å². The van der Waals surface area contributed by atoms with E-state index in [1.54, 1.807) is 0 Å². The van der Waals surface area contributed by atoms with E-state index < -0.39 is 25.2 Å². The number of alkyl halides is 3. The number of furan rings is 1. The van der Waals surface area contributed by atoms with Gasteiger partial charge in [0.25, 0.3) is 5.95 Å². The minimum atomic E-state index is -4.30. The van der Waals surface area contributed by atoms with Gasteiger partial charge in [-0.1, -0.05) is 0 Å². The molecule has 0 aromatic carbocycles. The third-order valence-corrected chi connectivity index (χ3v) is 1.42. The number of carboxylic acids is 1. The van der Waals surface area contributed by atoms with Crippen molar-refractivity contribution >= 4 is 5.97 Å². The molecule has 0 fully saturated rings. The van der Waals surface area contributed by atoms with E-state index in [9.17, 15) is 18.0 Å². The highest BCUT2D eigenvalue weighted by Gasteiger charge is 2.27. The largest absolute Gasteiger partial charge is 0.475 e. The zero-order valence-corrected chi connectivity index (χ0v) is 7.37. The van der Waals surface area contributed by atoms with E-state index in [1.165, 1.54) is 0 Å². The van der Waals surface area contributed by atoms with Crippen LogP contribution in [0.5, 0.6) is 5.95 Å². The van der Waals surface area contributed by atoms with Gasteiger partial charge in [-0.15, -0.1) is 0 Å². The van der Waals surface area contributed by atoms with E-state index in [2.05, 4.69) is 9.15 Å². The second-order valence-electron chi connectivity index (χ2n) is 2.64. The van der Waals surface area contributed by atoms with Gasteiger partial charge in [-0.3, -0.25) is 0 Å². The van der Waals surface area contributed by atoms with Crippen LogP contribution in [0.4, 0.5) is 13.2 Å². The molecule has 7 heteroatoms. The molecule has 0 spiro atoms. The van der Waals surface area contributed by atoms with Crippen molar-refractivity contribution in [2.24, 2.45) is 0 Å². The zero-order valence-electron chi connectivity index (χ0n) is 7.37.